The van der Waals surface area contributed by atoms with Gasteiger partial charge in [-0.05, 0) is 54.2 Å². The number of aromatic nitrogens is 3. The molecule has 0 bridgehead atoms. The van der Waals surface area contributed by atoms with E-state index in [0.29, 0.717) is 17.4 Å². The van der Waals surface area contributed by atoms with Crippen LogP contribution < -0.4 is 10.5 Å². The number of nitrogens with zero attached hydrogens (tertiary/aromatic N) is 3. The van der Waals surface area contributed by atoms with E-state index in [1.165, 1.54) is 35.5 Å². The normalized spacial score (nSPS) is 16.0. The van der Waals surface area contributed by atoms with Crippen LogP contribution in [0.4, 0.5) is 14.6 Å². The van der Waals surface area contributed by atoms with E-state index >= 15 is 0 Å². The third-order valence-corrected chi connectivity index (χ3v) is 7.25. The second-order valence-corrected chi connectivity index (χ2v) is 9.80. The minimum atomic E-state index is -4.33. The molecule has 1 aliphatic rings. The summed E-state index contributed by atoms with van der Waals surface area (Å²) in [5, 5.41) is 4.82. The Labute approximate surface area is 189 Å². The van der Waals surface area contributed by atoms with Crippen molar-refractivity contribution in [2.75, 3.05) is 4.72 Å². The van der Waals surface area contributed by atoms with Gasteiger partial charge in [-0.2, -0.15) is 9.49 Å². The molecule has 2 aromatic heterocycles. The van der Waals surface area contributed by atoms with Crippen LogP contribution in [-0.2, 0) is 29.4 Å². The Morgan fingerprint density at radius 1 is 1.15 bits per heavy atom. The topological polar surface area (TPSA) is 103 Å². The van der Waals surface area contributed by atoms with Crippen LogP contribution in [-0.4, -0.2) is 29.2 Å². The summed E-state index contributed by atoms with van der Waals surface area (Å²) in [4.78, 5) is 2.90. The zero-order valence-corrected chi connectivity index (χ0v) is 18.3. The van der Waals surface area contributed by atoms with E-state index in [2.05, 4.69) is 20.9 Å². The van der Waals surface area contributed by atoms with E-state index in [1.807, 2.05) is 12.1 Å². The molecule has 5 rings (SSSR count). The second-order valence-electron chi connectivity index (χ2n) is 8.15. The molecule has 0 spiro atoms. The zero-order chi connectivity index (χ0) is 23.2. The van der Waals surface area contributed by atoms with E-state index in [-0.39, 0.29) is 11.9 Å². The first-order chi connectivity index (χ1) is 15.8. The first-order valence-corrected chi connectivity index (χ1v) is 11.9. The predicted molar refractivity (Wildman–Crippen MR) is 120 cm³/mol. The van der Waals surface area contributed by atoms with Crippen LogP contribution in [0.5, 0.6) is 0 Å². The molecule has 0 fully saturated rings. The molecule has 0 radical (unpaired) electrons. The van der Waals surface area contributed by atoms with E-state index < -0.39 is 26.7 Å². The number of benzene rings is 2. The van der Waals surface area contributed by atoms with Gasteiger partial charge in [0.25, 0.3) is 10.0 Å². The van der Waals surface area contributed by atoms with E-state index in [1.54, 1.807) is 4.68 Å². The second kappa shape index (κ2) is 8.20. The van der Waals surface area contributed by atoms with Gasteiger partial charge in [-0.15, -0.1) is 0 Å². The summed E-state index contributed by atoms with van der Waals surface area (Å²) in [7, 11) is -4.33. The summed E-state index contributed by atoms with van der Waals surface area (Å²) >= 11 is 0. The molecular weight excluding hydrogens is 448 g/mol. The van der Waals surface area contributed by atoms with Gasteiger partial charge in [-0.25, -0.2) is 17.8 Å². The van der Waals surface area contributed by atoms with Crippen molar-refractivity contribution in [1.29, 1.82) is 0 Å². The maximum atomic E-state index is 14.9. The standard InChI is InChI=1S/C23H21F2N5O2S/c24-19-11-20-16(9-21(19)33(31,32)29-23-6-2-5-22(25)28-23)12-27-30(20)13-15-4-1-3-14-7-8-17(26)10-18(14)15/h1-6,9,11-12,17H,7-8,10,13,26H2,(H,28,29)/t17-/m1/s1. The summed E-state index contributed by atoms with van der Waals surface area (Å²) in [6.45, 7) is 0.413. The number of anilines is 1. The number of rotatable bonds is 5. The number of halogens is 2. The molecule has 4 aromatic rings. The molecule has 33 heavy (non-hydrogen) atoms. The molecule has 7 nitrogen and oxygen atoms in total. The van der Waals surface area contributed by atoms with Crippen LogP contribution in [0.3, 0.4) is 0 Å². The molecule has 2 heterocycles. The van der Waals surface area contributed by atoms with Gasteiger partial charge in [0.15, 0.2) is 0 Å². The van der Waals surface area contributed by atoms with Crippen molar-refractivity contribution in [3.8, 4) is 0 Å². The first-order valence-electron chi connectivity index (χ1n) is 10.5. The van der Waals surface area contributed by atoms with Gasteiger partial charge >= 0.3 is 0 Å². The Kier molecular flexibility index (Phi) is 5.34. The SMILES string of the molecule is N[C@@H]1CCc2cccc(Cn3ncc4cc(S(=O)(=O)Nc5cccc(F)n5)c(F)cc43)c2C1. The van der Waals surface area contributed by atoms with Crippen LogP contribution >= 0.6 is 0 Å². The highest BCUT2D eigenvalue weighted by atomic mass is 32.2. The molecule has 0 saturated carbocycles. The van der Waals surface area contributed by atoms with Gasteiger partial charge in [0.1, 0.15) is 16.5 Å². The summed E-state index contributed by atoms with van der Waals surface area (Å²) in [5.41, 5.74) is 10.2. The Balaban J connectivity index is 1.48. The molecule has 0 saturated heterocycles. The lowest BCUT2D eigenvalue weighted by Crippen LogP contribution is -2.29. The number of pyridine rings is 1. The maximum absolute atomic E-state index is 14.9. The Morgan fingerprint density at radius 3 is 2.79 bits per heavy atom. The van der Waals surface area contributed by atoms with Crippen molar-refractivity contribution in [3.05, 3.63) is 83.2 Å². The largest absolute Gasteiger partial charge is 0.327 e. The first kappa shape index (κ1) is 21.5. The highest BCUT2D eigenvalue weighted by molar-refractivity contribution is 7.92. The van der Waals surface area contributed by atoms with Gasteiger partial charge in [-0.3, -0.25) is 9.40 Å². The molecule has 1 atom stereocenters. The van der Waals surface area contributed by atoms with Gasteiger partial charge in [0, 0.05) is 17.5 Å². The molecule has 0 unspecified atom stereocenters. The van der Waals surface area contributed by atoms with E-state index in [0.717, 1.165) is 37.0 Å². The molecule has 0 aliphatic heterocycles. The van der Waals surface area contributed by atoms with Crippen LogP contribution in [0.2, 0.25) is 0 Å². The van der Waals surface area contributed by atoms with Gasteiger partial charge in [0.2, 0.25) is 5.95 Å². The fraction of sp³-hybridized carbons (Fsp3) is 0.217. The quantitative estimate of drug-likeness (QED) is 0.436. The lowest BCUT2D eigenvalue weighted by molar-refractivity contribution is 0.567. The van der Waals surface area contributed by atoms with Crippen molar-refractivity contribution in [2.45, 2.75) is 36.7 Å². The van der Waals surface area contributed by atoms with Crippen LogP contribution in [0.25, 0.3) is 10.9 Å². The van der Waals surface area contributed by atoms with E-state index in [4.69, 9.17) is 5.73 Å². The van der Waals surface area contributed by atoms with Gasteiger partial charge in [-0.1, -0.05) is 24.3 Å². The zero-order valence-electron chi connectivity index (χ0n) is 17.5. The summed E-state index contributed by atoms with van der Waals surface area (Å²) in [5.74, 6) is -2.03. The highest BCUT2D eigenvalue weighted by Gasteiger charge is 2.23. The maximum Gasteiger partial charge on any atom is 0.265 e. The fourth-order valence-electron chi connectivity index (χ4n) is 4.27. The molecule has 1 aliphatic carbocycles. The minimum Gasteiger partial charge on any atom is -0.327 e. The van der Waals surface area contributed by atoms with Crippen LogP contribution in [0.1, 0.15) is 23.1 Å². The lowest BCUT2D eigenvalue weighted by Gasteiger charge is -2.24. The fourth-order valence-corrected chi connectivity index (χ4v) is 5.36. The Bertz CT molecular complexity index is 1470. The molecule has 0 amide bonds. The van der Waals surface area contributed by atoms with Crippen LogP contribution in [0, 0.1) is 11.8 Å². The Morgan fingerprint density at radius 2 is 1.97 bits per heavy atom. The lowest BCUT2D eigenvalue weighted by atomic mass is 9.86. The number of nitrogens with two attached hydrogens (primary N) is 1. The number of hydrogen-bond acceptors (Lipinski definition) is 5. The van der Waals surface area contributed by atoms with Crippen molar-refractivity contribution >= 4 is 26.7 Å². The van der Waals surface area contributed by atoms with Crippen molar-refractivity contribution in [2.24, 2.45) is 5.73 Å². The molecule has 2 aromatic carbocycles. The van der Waals surface area contributed by atoms with Gasteiger partial charge in [0.05, 0.1) is 18.3 Å². The van der Waals surface area contributed by atoms with E-state index in [9.17, 15) is 17.2 Å². The van der Waals surface area contributed by atoms with Crippen LogP contribution in [0.15, 0.2) is 59.6 Å². The van der Waals surface area contributed by atoms with Crippen molar-refractivity contribution in [3.63, 3.8) is 0 Å². The third-order valence-electron chi connectivity index (χ3n) is 5.88. The van der Waals surface area contributed by atoms with Crippen molar-refractivity contribution in [1.82, 2.24) is 14.8 Å². The Hall–Kier alpha value is -3.37. The monoisotopic (exact) mass is 469 g/mol. The third kappa shape index (κ3) is 4.19. The molecule has 3 N–H and O–H groups in total. The predicted octanol–water partition coefficient (Wildman–Crippen LogP) is 3.37. The molecular formula is C23H21F2N5O2S. The number of aryl methyl sites for hydroxylation is 1. The minimum absolute atomic E-state index is 0.110. The highest BCUT2D eigenvalue weighted by Crippen LogP contribution is 2.28. The number of sulfonamides is 1. The summed E-state index contributed by atoms with van der Waals surface area (Å²) < 4.78 is 57.4. The molecule has 10 heteroatoms. The number of fused-ring (bicyclic) bond motifs is 2. The number of hydrogen-bond donors (Lipinski definition) is 2. The van der Waals surface area contributed by atoms with Gasteiger partial charge < -0.3 is 5.73 Å². The molecule has 170 valence electrons. The smallest absolute Gasteiger partial charge is 0.265 e. The number of nitrogens with one attached hydrogen (secondary N) is 1. The average Bonchev–Trinajstić information content (AvgIpc) is 3.15. The van der Waals surface area contributed by atoms with Crippen molar-refractivity contribution < 1.29 is 17.2 Å². The summed E-state index contributed by atoms with van der Waals surface area (Å²) in [6.07, 6.45) is 4.15. The summed E-state index contributed by atoms with van der Waals surface area (Å²) in [6, 6.07) is 12.2. The average molecular weight is 470 g/mol.